The molecule has 1 saturated heterocycles. The van der Waals surface area contributed by atoms with Crippen LogP contribution in [0.15, 0.2) is 16.8 Å². The van der Waals surface area contributed by atoms with Crippen molar-refractivity contribution in [2.75, 3.05) is 13.1 Å². The summed E-state index contributed by atoms with van der Waals surface area (Å²) in [5, 5.41) is 16.3. The van der Waals surface area contributed by atoms with Crippen LogP contribution in [-0.4, -0.2) is 13.1 Å². The molecule has 0 bridgehead atoms. The highest BCUT2D eigenvalue weighted by molar-refractivity contribution is 7.07. The fourth-order valence-corrected chi connectivity index (χ4v) is 2.38. The summed E-state index contributed by atoms with van der Waals surface area (Å²) in [4.78, 5) is 0. The normalized spacial score (nSPS) is 28.6. The van der Waals surface area contributed by atoms with Crippen LogP contribution >= 0.6 is 11.3 Å². The van der Waals surface area contributed by atoms with Crippen LogP contribution in [0.25, 0.3) is 0 Å². The fraction of sp³-hybridized carbons (Fsp3) is 0.444. The van der Waals surface area contributed by atoms with Crippen LogP contribution in [0, 0.1) is 17.2 Å². The Hall–Kier alpha value is -0.850. The van der Waals surface area contributed by atoms with Gasteiger partial charge < -0.3 is 5.32 Å². The molecule has 12 heavy (non-hydrogen) atoms. The number of rotatable bonds is 1. The highest BCUT2D eigenvalue weighted by Crippen LogP contribution is 2.28. The molecule has 0 saturated carbocycles. The molecule has 2 nitrogen and oxygen atoms in total. The quantitative estimate of drug-likeness (QED) is 0.708. The minimum Gasteiger partial charge on any atom is -0.315 e. The Bertz CT molecular complexity index is 286. The summed E-state index contributed by atoms with van der Waals surface area (Å²) < 4.78 is 0. The molecule has 0 aromatic carbocycles. The predicted octanol–water partition coefficient (Wildman–Crippen LogP) is 1.57. The Kier molecular flexibility index (Phi) is 2.11. The van der Waals surface area contributed by atoms with Crippen molar-refractivity contribution in [3.63, 3.8) is 0 Å². The van der Waals surface area contributed by atoms with Crippen LogP contribution in [-0.2, 0) is 0 Å². The minimum atomic E-state index is 0.166. The molecular weight excluding hydrogens is 168 g/mol. The van der Waals surface area contributed by atoms with Crippen molar-refractivity contribution in [1.82, 2.24) is 5.32 Å². The van der Waals surface area contributed by atoms with E-state index in [1.807, 2.05) is 0 Å². The second-order valence-electron chi connectivity index (χ2n) is 3.06. The maximum atomic E-state index is 8.85. The summed E-state index contributed by atoms with van der Waals surface area (Å²) >= 11 is 1.70. The van der Waals surface area contributed by atoms with Crippen LogP contribution in [0.4, 0.5) is 0 Å². The van der Waals surface area contributed by atoms with Gasteiger partial charge >= 0.3 is 0 Å². The Labute approximate surface area is 75.8 Å². The first-order chi connectivity index (χ1) is 5.92. The number of nitrogens with zero attached hydrogens (tertiary/aromatic N) is 1. The molecule has 0 unspecified atom stereocenters. The molecule has 62 valence electrons. The lowest BCUT2D eigenvalue weighted by Gasteiger charge is -2.08. The average molecular weight is 178 g/mol. The van der Waals surface area contributed by atoms with Crippen LogP contribution < -0.4 is 5.32 Å². The molecule has 0 spiro atoms. The standard InChI is InChI=1S/C9H10N2S/c10-3-8-4-11-5-9(8)7-1-2-12-6-7/h1-2,6,8-9,11H,4-5H2/t8-,9-/m1/s1. The van der Waals surface area contributed by atoms with E-state index in [0.29, 0.717) is 5.92 Å². The smallest absolute Gasteiger partial charge is 0.0676 e. The predicted molar refractivity (Wildman–Crippen MR) is 49.0 cm³/mol. The molecule has 1 fully saturated rings. The van der Waals surface area contributed by atoms with Gasteiger partial charge in [-0.3, -0.25) is 0 Å². The molecular formula is C9H10N2S. The first-order valence-electron chi connectivity index (χ1n) is 4.04. The maximum absolute atomic E-state index is 8.85. The van der Waals surface area contributed by atoms with Gasteiger partial charge in [-0.15, -0.1) is 0 Å². The van der Waals surface area contributed by atoms with E-state index in [2.05, 4.69) is 28.2 Å². The summed E-state index contributed by atoms with van der Waals surface area (Å²) in [5.74, 6) is 0.584. The van der Waals surface area contributed by atoms with Crippen molar-refractivity contribution in [2.45, 2.75) is 5.92 Å². The van der Waals surface area contributed by atoms with Gasteiger partial charge in [0.1, 0.15) is 0 Å². The number of nitrogens with one attached hydrogen (secondary N) is 1. The molecule has 1 N–H and O–H groups in total. The Morgan fingerprint density at radius 3 is 3.17 bits per heavy atom. The van der Waals surface area contributed by atoms with Crippen LogP contribution in [0.1, 0.15) is 11.5 Å². The van der Waals surface area contributed by atoms with Gasteiger partial charge in [-0.1, -0.05) is 0 Å². The van der Waals surface area contributed by atoms with E-state index in [0.717, 1.165) is 13.1 Å². The number of hydrogen-bond acceptors (Lipinski definition) is 3. The summed E-state index contributed by atoms with van der Waals surface area (Å²) in [6.45, 7) is 1.80. The van der Waals surface area contributed by atoms with Crippen molar-refractivity contribution in [2.24, 2.45) is 5.92 Å². The molecule has 2 heterocycles. The van der Waals surface area contributed by atoms with Gasteiger partial charge in [-0.25, -0.2) is 0 Å². The monoisotopic (exact) mass is 178 g/mol. The molecule has 1 aliphatic rings. The Balaban J connectivity index is 2.20. The lowest BCUT2D eigenvalue weighted by atomic mass is 9.92. The van der Waals surface area contributed by atoms with E-state index in [4.69, 9.17) is 5.26 Å². The molecule has 3 heteroatoms. The van der Waals surface area contributed by atoms with Crippen molar-refractivity contribution in [1.29, 1.82) is 5.26 Å². The zero-order chi connectivity index (χ0) is 8.39. The highest BCUT2D eigenvalue weighted by atomic mass is 32.1. The molecule has 2 rings (SSSR count). The fourth-order valence-electron chi connectivity index (χ4n) is 1.65. The van der Waals surface area contributed by atoms with E-state index >= 15 is 0 Å². The molecule has 1 aliphatic heterocycles. The number of nitriles is 1. The number of thiophene rings is 1. The lowest BCUT2D eigenvalue weighted by molar-refractivity contribution is 0.648. The van der Waals surface area contributed by atoms with Gasteiger partial charge in [-0.05, 0) is 22.4 Å². The van der Waals surface area contributed by atoms with Gasteiger partial charge in [0.25, 0.3) is 0 Å². The van der Waals surface area contributed by atoms with Gasteiger partial charge in [0.15, 0.2) is 0 Å². The van der Waals surface area contributed by atoms with E-state index < -0.39 is 0 Å². The third kappa shape index (κ3) is 1.24. The third-order valence-corrected chi connectivity index (χ3v) is 3.05. The zero-order valence-electron chi connectivity index (χ0n) is 6.66. The zero-order valence-corrected chi connectivity index (χ0v) is 7.47. The third-order valence-electron chi connectivity index (χ3n) is 2.35. The second-order valence-corrected chi connectivity index (χ2v) is 3.84. The summed E-state index contributed by atoms with van der Waals surface area (Å²) in [7, 11) is 0. The van der Waals surface area contributed by atoms with Crippen LogP contribution in [0.5, 0.6) is 0 Å². The Morgan fingerprint density at radius 1 is 1.58 bits per heavy atom. The summed E-state index contributed by atoms with van der Waals surface area (Å²) in [6.07, 6.45) is 0. The largest absolute Gasteiger partial charge is 0.315 e. The average Bonchev–Trinajstić information content (AvgIpc) is 2.74. The molecule has 0 amide bonds. The highest BCUT2D eigenvalue weighted by Gasteiger charge is 2.28. The van der Waals surface area contributed by atoms with Crippen LogP contribution in [0.2, 0.25) is 0 Å². The SMILES string of the molecule is N#C[C@@H]1CNC[C@@H]1c1ccsc1. The molecule has 1 aromatic heterocycles. The van der Waals surface area contributed by atoms with E-state index in [1.165, 1.54) is 5.56 Å². The van der Waals surface area contributed by atoms with Gasteiger partial charge in [-0.2, -0.15) is 16.6 Å². The number of hydrogen-bond donors (Lipinski definition) is 1. The minimum absolute atomic E-state index is 0.166. The van der Waals surface area contributed by atoms with E-state index in [-0.39, 0.29) is 5.92 Å². The van der Waals surface area contributed by atoms with E-state index in [9.17, 15) is 0 Å². The lowest BCUT2D eigenvalue weighted by Crippen LogP contribution is -2.07. The van der Waals surface area contributed by atoms with Crippen molar-refractivity contribution >= 4 is 11.3 Å². The van der Waals surface area contributed by atoms with Crippen LogP contribution in [0.3, 0.4) is 0 Å². The van der Waals surface area contributed by atoms with Gasteiger partial charge in [0, 0.05) is 19.0 Å². The topological polar surface area (TPSA) is 35.8 Å². The molecule has 0 radical (unpaired) electrons. The maximum Gasteiger partial charge on any atom is 0.0676 e. The first-order valence-corrected chi connectivity index (χ1v) is 4.98. The van der Waals surface area contributed by atoms with Gasteiger partial charge in [0.2, 0.25) is 0 Å². The summed E-state index contributed by atoms with van der Waals surface area (Å²) in [6, 6.07) is 4.46. The molecule has 0 aliphatic carbocycles. The van der Waals surface area contributed by atoms with Crippen molar-refractivity contribution < 1.29 is 0 Å². The first kappa shape index (κ1) is 7.78. The van der Waals surface area contributed by atoms with Gasteiger partial charge in [0.05, 0.1) is 12.0 Å². The van der Waals surface area contributed by atoms with Crippen molar-refractivity contribution in [3.8, 4) is 6.07 Å². The Morgan fingerprint density at radius 2 is 2.50 bits per heavy atom. The molecule has 2 atom stereocenters. The summed E-state index contributed by atoms with van der Waals surface area (Å²) in [5.41, 5.74) is 1.32. The second kappa shape index (κ2) is 3.26. The van der Waals surface area contributed by atoms with Crippen molar-refractivity contribution in [3.05, 3.63) is 22.4 Å². The molecule has 1 aromatic rings. The van der Waals surface area contributed by atoms with E-state index in [1.54, 1.807) is 11.3 Å².